The van der Waals surface area contributed by atoms with Gasteiger partial charge in [0, 0.05) is 20.8 Å². The van der Waals surface area contributed by atoms with Crippen LogP contribution in [0.15, 0.2) is 34.5 Å². The number of thioether (sulfide) groups is 1. The van der Waals surface area contributed by atoms with E-state index in [4.69, 9.17) is 5.26 Å². The summed E-state index contributed by atoms with van der Waals surface area (Å²) in [6, 6.07) is 7.22. The molecule has 3 nitrogen and oxygen atoms in total. The number of nitrogens with one attached hydrogen (secondary N) is 1. The lowest BCUT2D eigenvalue weighted by molar-refractivity contribution is 0.102. The zero-order valence-electron chi connectivity index (χ0n) is 10.6. The van der Waals surface area contributed by atoms with Gasteiger partial charge in [0.2, 0.25) is 0 Å². The third kappa shape index (κ3) is 3.16. The van der Waals surface area contributed by atoms with Crippen LogP contribution in [-0.4, -0.2) is 5.91 Å². The van der Waals surface area contributed by atoms with Crippen LogP contribution >= 0.6 is 23.1 Å². The molecule has 0 saturated carbocycles. The minimum atomic E-state index is -0.0949. The highest BCUT2D eigenvalue weighted by Crippen LogP contribution is 2.23. The summed E-state index contributed by atoms with van der Waals surface area (Å²) in [5.74, 6) is -0.0949. The third-order valence-corrected chi connectivity index (χ3v) is 4.42. The van der Waals surface area contributed by atoms with E-state index in [0.29, 0.717) is 0 Å². The molecular formula is C14H12N2OS2. The van der Waals surface area contributed by atoms with Gasteiger partial charge in [-0.3, -0.25) is 4.79 Å². The molecule has 0 spiro atoms. The summed E-state index contributed by atoms with van der Waals surface area (Å²) in [5, 5.41) is 15.3. The number of hydrogen-bond acceptors (Lipinski definition) is 4. The van der Waals surface area contributed by atoms with Gasteiger partial charge in [0.05, 0.1) is 5.56 Å². The molecule has 19 heavy (non-hydrogen) atoms. The Hall–Kier alpha value is -1.77. The molecule has 0 aliphatic carbocycles. The zero-order chi connectivity index (χ0) is 13.8. The first kappa shape index (κ1) is 13.7. The summed E-state index contributed by atoms with van der Waals surface area (Å²) in [6.45, 7) is 3.96. The molecule has 0 atom stereocenters. The lowest BCUT2D eigenvalue weighted by Gasteiger charge is -2.05. The van der Waals surface area contributed by atoms with Crippen molar-refractivity contribution in [3.05, 3.63) is 45.6 Å². The lowest BCUT2D eigenvalue weighted by Crippen LogP contribution is -2.12. The van der Waals surface area contributed by atoms with Gasteiger partial charge in [0.25, 0.3) is 5.91 Å². The maximum Gasteiger partial charge on any atom is 0.256 e. The summed E-state index contributed by atoms with van der Waals surface area (Å²) >= 11 is 2.68. The first-order valence-corrected chi connectivity index (χ1v) is 7.33. The van der Waals surface area contributed by atoms with Crippen molar-refractivity contribution in [2.75, 3.05) is 5.32 Å². The number of carbonyl (C=O) groups is 1. The molecule has 0 unspecified atom stereocenters. The summed E-state index contributed by atoms with van der Waals surface area (Å²) in [5.41, 5.74) is 2.48. The average molecular weight is 288 g/mol. The highest BCUT2D eigenvalue weighted by Gasteiger charge is 2.12. The summed E-state index contributed by atoms with van der Waals surface area (Å²) in [7, 11) is 0. The second kappa shape index (κ2) is 5.91. The molecule has 1 heterocycles. The molecule has 0 aliphatic rings. The van der Waals surface area contributed by atoms with Crippen LogP contribution < -0.4 is 5.32 Å². The number of benzene rings is 1. The molecule has 0 bridgehead atoms. The molecule has 96 valence electrons. The van der Waals surface area contributed by atoms with Crippen LogP contribution in [0, 0.1) is 24.5 Å². The number of amides is 1. The number of aryl methyl sites for hydroxylation is 1. The summed E-state index contributed by atoms with van der Waals surface area (Å²) in [6.07, 6.45) is 0. The van der Waals surface area contributed by atoms with E-state index in [2.05, 4.69) is 5.32 Å². The van der Waals surface area contributed by atoms with Gasteiger partial charge < -0.3 is 5.32 Å². The van der Waals surface area contributed by atoms with Crippen molar-refractivity contribution in [2.45, 2.75) is 18.7 Å². The Labute approximate surface area is 120 Å². The first-order valence-electron chi connectivity index (χ1n) is 5.64. The fraction of sp³-hybridized carbons (Fsp3) is 0.143. The van der Waals surface area contributed by atoms with Gasteiger partial charge in [-0.15, -0.1) is 11.3 Å². The molecular weight excluding hydrogens is 276 g/mol. The van der Waals surface area contributed by atoms with Gasteiger partial charge in [-0.2, -0.15) is 5.26 Å². The van der Waals surface area contributed by atoms with Crippen molar-refractivity contribution < 1.29 is 4.79 Å². The van der Waals surface area contributed by atoms with E-state index in [1.54, 1.807) is 23.5 Å². The van der Waals surface area contributed by atoms with E-state index in [9.17, 15) is 4.79 Å². The largest absolute Gasteiger partial charge is 0.322 e. The summed E-state index contributed by atoms with van der Waals surface area (Å²) < 4.78 is 0. The molecule has 0 radical (unpaired) electrons. The van der Waals surface area contributed by atoms with Crippen LogP contribution in [0.5, 0.6) is 0 Å². The predicted molar refractivity (Wildman–Crippen MR) is 79.7 cm³/mol. The Morgan fingerprint density at radius 3 is 2.53 bits per heavy atom. The quantitative estimate of drug-likeness (QED) is 0.680. The highest BCUT2D eigenvalue weighted by atomic mass is 32.2. The topological polar surface area (TPSA) is 52.9 Å². The fourth-order valence-electron chi connectivity index (χ4n) is 1.59. The Kier molecular flexibility index (Phi) is 4.25. The number of carbonyl (C=O) groups excluding carboxylic acids is 1. The van der Waals surface area contributed by atoms with E-state index in [0.717, 1.165) is 38.3 Å². The van der Waals surface area contributed by atoms with Crippen molar-refractivity contribution in [3.8, 4) is 5.40 Å². The molecule has 2 rings (SSSR count). The average Bonchev–Trinajstić information content (AvgIpc) is 2.73. The molecule has 5 heteroatoms. The van der Waals surface area contributed by atoms with Crippen molar-refractivity contribution in [3.63, 3.8) is 0 Å². The van der Waals surface area contributed by atoms with Crippen LogP contribution in [-0.2, 0) is 0 Å². The molecule has 1 amide bonds. The number of rotatable bonds is 3. The molecule has 0 saturated heterocycles. The van der Waals surface area contributed by atoms with Crippen molar-refractivity contribution in [1.29, 1.82) is 5.26 Å². The SMILES string of the molecule is Cc1scc(C(=O)Nc2ccc(SC#N)cc2)c1C. The zero-order valence-corrected chi connectivity index (χ0v) is 12.2. The van der Waals surface area contributed by atoms with Gasteiger partial charge in [-0.1, -0.05) is 0 Å². The fourth-order valence-corrected chi connectivity index (χ4v) is 2.84. The second-order valence-corrected chi connectivity index (χ2v) is 5.94. The predicted octanol–water partition coefficient (Wildman–Crippen LogP) is 4.19. The van der Waals surface area contributed by atoms with E-state index in [-0.39, 0.29) is 5.91 Å². The van der Waals surface area contributed by atoms with Crippen molar-refractivity contribution in [1.82, 2.24) is 0 Å². The third-order valence-electron chi connectivity index (χ3n) is 2.81. The van der Waals surface area contributed by atoms with Crippen LogP contribution in [0.4, 0.5) is 5.69 Å². The molecule has 2 aromatic rings. The van der Waals surface area contributed by atoms with Gasteiger partial charge >= 0.3 is 0 Å². The molecule has 1 aromatic carbocycles. The van der Waals surface area contributed by atoms with Crippen LogP contribution in [0.2, 0.25) is 0 Å². The Bertz CT molecular complexity index is 638. The lowest BCUT2D eigenvalue weighted by atomic mass is 10.1. The Balaban J connectivity index is 2.11. The number of nitrogens with zero attached hydrogens (tertiary/aromatic N) is 1. The number of hydrogen-bond donors (Lipinski definition) is 1. The van der Waals surface area contributed by atoms with Crippen LogP contribution in [0.1, 0.15) is 20.8 Å². The number of nitriles is 1. The summed E-state index contributed by atoms with van der Waals surface area (Å²) in [4.78, 5) is 14.1. The smallest absolute Gasteiger partial charge is 0.256 e. The minimum Gasteiger partial charge on any atom is -0.322 e. The number of thiophene rings is 1. The molecule has 1 N–H and O–H groups in total. The maximum absolute atomic E-state index is 12.1. The van der Waals surface area contributed by atoms with Gasteiger partial charge in [-0.25, -0.2) is 0 Å². The first-order chi connectivity index (χ1) is 9.11. The Morgan fingerprint density at radius 1 is 1.32 bits per heavy atom. The maximum atomic E-state index is 12.1. The Morgan fingerprint density at radius 2 is 2.00 bits per heavy atom. The monoisotopic (exact) mass is 288 g/mol. The standard InChI is InChI=1S/C14H12N2OS2/c1-9-10(2)18-7-13(9)14(17)16-11-3-5-12(6-4-11)19-8-15/h3-7H,1-2H3,(H,16,17). The van der Waals surface area contributed by atoms with Gasteiger partial charge in [0.15, 0.2) is 0 Å². The highest BCUT2D eigenvalue weighted by molar-refractivity contribution is 8.03. The number of thiocyanates is 1. The van der Waals surface area contributed by atoms with E-state index in [1.165, 1.54) is 0 Å². The second-order valence-electron chi connectivity index (χ2n) is 4.00. The molecule has 0 aliphatic heterocycles. The van der Waals surface area contributed by atoms with Gasteiger partial charge in [-0.05, 0) is 55.4 Å². The minimum absolute atomic E-state index is 0.0949. The van der Waals surface area contributed by atoms with E-state index < -0.39 is 0 Å². The van der Waals surface area contributed by atoms with Crippen molar-refractivity contribution in [2.24, 2.45) is 0 Å². The van der Waals surface area contributed by atoms with Gasteiger partial charge in [0.1, 0.15) is 5.40 Å². The number of anilines is 1. The van der Waals surface area contributed by atoms with Crippen LogP contribution in [0.25, 0.3) is 0 Å². The van der Waals surface area contributed by atoms with Crippen molar-refractivity contribution >= 4 is 34.7 Å². The molecule has 0 fully saturated rings. The van der Waals surface area contributed by atoms with Crippen LogP contribution in [0.3, 0.4) is 0 Å². The normalized spacial score (nSPS) is 9.95. The van der Waals surface area contributed by atoms with E-state index in [1.807, 2.05) is 36.8 Å². The van der Waals surface area contributed by atoms with E-state index >= 15 is 0 Å². The molecule has 1 aromatic heterocycles.